The fraction of sp³-hybridized carbons (Fsp3) is 0.714. The third-order valence-electron chi connectivity index (χ3n) is 1.67. The van der Waals surface area contributed by atoms with E-state index in [1.807, 2.05) is 18.1 Å². The highest BCUT2D eigenvalue weighted by molar-refractivity contribution is 4.90. The molecule has 0 aliphatic carbocycles. The Morgan fingerprint density at radius 3 is 2.36 bits per heavy atom. The van der Waals surface area contributed by atoms with Crippen LogP contribution in [0.5, 0.6) is 0 Å². The van der Waals surface area contributed by atoms with E-state index in [-0.39, 0.29) is 0 Å². The lowest BCUT2D eigenvalue weighted by Gasteiger charge is -2.25. The lowest BCUT2D eigenvalue weighted by Crippen LogP contribution is -2.39. The number of aliphatic hydroxyl groups is 2. The molecule has 0 saturated heterocycles. The van der Waals surface area contributed by atoms with Crippen LogP contribution in [0.15, 0.2) is 12.4 Å². The summed E-state index contributed by atoms with van der Waals surface area (Å²) < 4.78 is 0. The first-order valence-corrected chi connectivity index (χ1v) is 3.61. The predicted molar refractivity (Wildman–Crippen MR) is 41.3 cm³/mol. The van der Waals surface area contributed by atoms with Gasteiger partial charge in [-0.15, -0.1) is 0 Å². The molecule has 0 aromatic rings. The molecule has 1 aliphatic heterocycles. The minimum atomic E-state index is -0.795. The normalized spacial score (nSPS) is 22.5. The zero-order valence-electron chi connectivity index (χ0n) is 6.81. The predicted octanol–water partition coefficient (Wildman–Crippen LogP) is -0.638. The van der Waals surface area contributed by atoms with E-state index < -0.39 is 12.3 Å². The molecular weight excluding hydrogens is 144 g/mol. The summed E-state index contributed by atoms with van der Waals surface area (Å²) in [4.78, 5) is 3.59. The van der Waals surface area contributed by atoms with Crippen molar-refractivity contribution in [3.8, 4) is 0 Å². The Balaban J connectivity index is 2.44. The Kier molecular flexibility index (Phi) is 2.36. The lowest BCUT2D eigenvalue weighted by atomic mass is 10.3. The van der Waals surface area contributed by atoms with Gasteiger partial charge in [0.05, 0.1) is 12.8 Å². The quantitative estimate of drug-likeness (QED) is 0.561. The fourth-order valence-electron chi connectivity index (χ4n) is 1.00. The van der Waals surface area contributed by atoms with Gasteiger partial charge in [0.25, 0.3) is 0 Å². The zero-order valence-corrected chi connectivity index (χ0v) is 6.81. The van der Waals surface area contributed by atoms with E-state index in [4.69, 9.17) is 5.11 Å². The van der Waals surface area contributed by atoms with Crippen molar-refractivity contribution in [1.82, 2.24) is 9.80 Å². The summed E-state index contributed by atoms with van der Waals surface area (Å²) in [5, 5.41) is 18.4. The van der Waals surface area contributed by atoms with Crippen LogP contribution in [-0.4, -0.2) is 46.1 Å². The first-order valence-electron chi connectivity index (χ1n) is 3.61. The second-order valence-electron chi connectivity index (χ2n) is 2.87. The van der Waals surface area contributed by atoms with E-state index >= 15 is 0 Å². The van der Waals surface area contributed by atoms with Crippen LogP contribution in [0.4, 0.5) is 0 Å². The van der Waals surface area contributed by atoms with Crippen LogP contribution >= 0.6 is 0 Å². The van der Waals surface area contributed by atoms with Gasteiger partial charge in [-0.05, 0) is 6.92 Å². The van der Waals surface area contributed by atoms with Crippen molar-refractivity contribution in [2.45, 2.75) is 19.3 Å². The number of nitrogens with zero attached hydrogens (tertiary/aromatic N) is 2. The molecule has 4 heteroatoms. The van der Waals surface area contributed by atoms with Gasteiger partial charge in [-0.25, -0.2) is 0 Å². The highest BCUT2D eigenvalue weighted by atomic mass is 16.3. The summed E-state index contributed by atoms with van der Waals surface area (Å²) in [7, 11) is 1.91. The lowest BCUT2D eigenvalue weighted by molar-refractivity contribution is -0.0582. The second kappa shape index (κ2) is 3.11. The molecule has 0 amide bonds. The molecule has 1 heterocycles. The van der Waals surface area contributed by atoms with Gasteiger partial charge in [-0.1, -0.05) is 0 Å². The standard InChI is InChI=1S/C7H14N2O2/c1-6(10)7(11)9-4-3-8(2)5-9/h3-4,6-7,10-11H,5H2,1-2H3/t6-,7?/m1/s1. The number of rotatable bonds is 2. The van der Waals surface area contributed by atoms with Crippen molar-refractivity contribution in [2.24, 2.45) is 0 Å². The van der Waals surface area contributed by atoms with Gasteiger partial charge < -0.3 is 20.0 Å². The fourth-order valence-corrected chi connectivity index (χ4v) is 1.00. The SMILES string of the molecule is C[C@@H](O)C(O)N1C=CN(C)C1. The minimum Gasteiger partial charge on any atom is -0.389 e. The maximum atomic E-state index is 9.34. The van der Waals surface area contributed by atoms with Crippen molar-refractivity contribution >= 4 is 0 Å². The van der Waals surface area contributed by atoms with Crippen LogP contribution in [0, 0.1) is 0 Å². The molecule has 0 bridgehead atoms. The van der Waals surface area contributed by atoms with E-state index in [0.717, 1.165) is 0 Å². The summed E-state index contributed by atoms with van der Waals surface area (Å²) in [6.07, 6.45) is 2.10. The maximum absolute atomic E-state index is 9.34. The van der Waals surface area contributed by atoms with Gasteiger partial charge >= 0.3 is 0 Å². The first-order chi connectivity index (χ1) is 5.11. The van der Waals surface area contributed by atoms with Crippen molar-refractivity contribution in [3.63, 3.8) is 0 Å². The van der Waals surface area contributed by atoms with Crippen LogP contribution < -0.4 is 0 Å². The summed E-state index contributed by atoms with van der Waals surface area (Å²) in [5.41, 5.74) is 0. The molecule has 2 N–H and O–H groups in total. The molecule has 11 heavy (non-hydrogen) atoms. The third-order valence-corrected chi connectivity index (χ3v) is 1.67. The Labute approximate surface area is 66.3 Å². The number of hydrogen-bond donors (Lipinski definition) is 2. The Morgan fingerprint density at radius 2 is 2.00 bits per heavy atom. The minimum absolute atomic E-state index is 0.631. The highest BCUT2D eigenvalue weighted by Gasteiger charge is 2.20. The van der Waals surface area contributed by atoms with Crippen LogP contribution in [0.2, 0.25) is 0 Å². The van der Waals surface area contributed by atoms with E-state index in [1.165, 1.54) is 0 Å². The van der Waals surface area contributed by atoms with Crippen molar-refractivity contribution in [1.29, 1.82) is 0 Å². The molecule has 1 unspecified atom stereocenters. The molecule has 0 aromatic carbocycles. The van der Waals surface area contributed by atoms with E-state index in [9.17, 15) is 5.11 Å². The molecule has 0 radical (unpaired) electrons. The van der Waals surface area contributed by atoms with Gasteiger partial charge in [-0.2, -0.15) is 0 Å². The average molecular weight is 158 g/mol. The van der Waals surface area contributed by atoms with Crippen molar-refractivity contribution < 1.29 is 10.2 Å². The largest absolute Gasteiger partial charge is 0.389 e. The molecule has 2 atom stereocenters. The molecule has 0 aromatic heterocycles. The molecular formula is C7H14N2O2. The average Bonchev–Trinajstić information content (AvgIpc) is 2.34. The molecule has 64 valence electrons. The number of aliphatic hydroxyl groups excluding tert-OH is 2. The molecule has 0 fully saturated rings. The molecule has 1 aliphatic rings. The molecule has 4 nitrogen and oxygen atoms in total. The van der Waals surface area contributed by atoms with Crippen LogP contribution in [0.3, 0.4) is 0 Å². The smallest absolute Gasteiger partial charge is 0.153 e. The van der Waals surface area contributed by atoms with E-state index in [0.29, 0.717) is 6.67 Å². The van der Waals surface area contributed by atoms with Crippen molar-refractivity contribution in [3.05, 3.63) is 12.4 Å². The highest BCUT2D eigenvalue weighted by Crippen LogP contribution is 2.09. The first kappa shape index (κ1) is 8.36. The van der Waals surface area contributed by atoms with Crippen LogP contribution in [0.25, 0.3) is 0 Å². The zero-order chi connectivity index (χ0) is 8.43. The van der Waals surface area contributed by atoms with Crippen LogP contribution in [0.1, 0.15) is 6.92 Å². The van der Waals surface area contributed by atoms with Gasteiger partial charge in [0.15, 0.2) is 6.23 Å². The topological polar surface area (TPSA) is 46.9 Å². The summed E-state index contributed by atoms with van der Waals surface area (Å²) >= 11 is 0. The molecule has 0 saturated carbocycles. The van der Waals surface area contributed by atoms with Crippen LogP contribution in [-0.2, 0) is 0 Å². The maximum Gasteiger partial charge on any atom is 0.153 e. The molecule has 1 rings (SSSR count). The number of hydrogen-bond acceptors (Lipinski definition) is 4. The van der Waals surface area contributed by atoms with Gasteiger partial charge in [0.2, 0.25) is 0 Å². The van der Waals surface area contributed by atoms with Gasteiger partial charge in [0, 0.05) is 19.4 Å². The summed E-state index contributed by atoms with van der Waals surface area (Å²) in [6, 6.07) is 0. The second-order valence-corrected chi connectivity index (χ2v) is 2.87. The van der Waals surface area contributed by atoms with Gasteiger partial charge in [-0.3, -0.25) is 0 Å². The monoisotopic (exact) mass is 158 g/mol. The third kappa shape index (κ3) is 1.85. The molecule has 0 spiro atoms. The Bertz CT molecular complexity index is 159. The Morgan fingerprint density at radius 1 is 1.36 bits per heavy atom. The van der Waals surface area contributed by atoms with Crippen molar-refractivity contribution in [2.75, 3.05) is 13.7 Å². The Hall–Kier alpha value is -0.740. The summed E-state index contributed by atoms with van der Waals surface area (Å²) in [5.74, 6) is 0. The summed E-state index contributed by atoms with van der Waals surface area (Å²) in [6.45, 7) is 2.20. The van der Waals surface area contributed by atoms with Gasteiger partial charge in [0.1, 0.15) is 0 Å². The van der Waals surface area contributed by atoms with E-state index in [1.54, 1.807) is 18.0 Å². The van der Waals surface area contributed by atoms with E-state index in [2.05, 4.69) is 0 Å².